The molecule has 0 radical (unpaired) electrons. The van der Waals surface area contributed by atoms with Crippen molar-refractivity contribution in [3.8, 4) is 0 Å². The standard InChI is InChI=1S/C12H18N4OS/c17-11(9-4-2-1-3-5-9)8-18-12-13-14-15-16(12)10-6-7-10/h9-10H,1-8H2. The summed E-state index contributed by atoms with van der Waals surface area (Å²) in [5, 5.41) is 12.5. The minimum absolute atomic E-state index is 0.288. The van der Waals surface area contributed by atoms with Gasteiger partial charge in [0.15, 0.2) is 0 Å². The van der Waals surface area contributed by atoms with Crippen LogP contribution in [0.5, 0.6) is 0 Å². The number of carbonyl (C=O) groups excluding carboxylic acids is 1. The van der Waals surface area contributed by atoms with Gasteiger partial charge < -0.3 is 0 Å². The normalized spacial score (nSPS) is 21.1. The summed E-state index contributed by atoms with van der Waals surface area (Å²) in [5.74, 6) is 1.19. The highest BCUT2D eigenvalue weighted by Crippen LogP contribution is 2.36. The number of rotatable bonds is 5. The van der Waals surface area contributed by atoms with Crippen LogP contribution in [0, 0.1) is 5.92 Å². The Morgan fingerprint density at radius 1 is 1.22 bits per heavy atom. The van der Waals surface area contributed by atoms with Crippen LogP contribution in [0.1, 0.15) is 51.0 Å². The molecule has 5 nitrogen and oxygen atoms in total. The zero-order chi connectivity index (χ0) is 12.4. The third-order valence-electron chi connectivity index (χ3n) is 3.76. The van der Waals surface area contributed by atoms with Gasteiger partial charge in [-0.3, -0.25) is 4.79 Å². The average Bonchev–Trinajstić information content (AvgIpc) is 3.16. The van der Waals surface area contributed by atoms with Crippen LogP contribution >= 0.6 is 11.8 Å². The molecule has 2 aliphatic carbocycles. The first-order valence-corrected chi connectivity index (χ1v) is 7.76. The fraction of sp³-hybridized carbons (Fsp3) is 0.833. The Kier molecular flexibility index (Phi) is 3.63. The molecular formula is C12H18N4OS. The van der Waals surface area contributed by atoms with Crippen molar-refractivity contribution < 1.29 is 4.79 Å². The molecule has 0 unspecified atom stereocenters. The molecular weight excluding hydrogens is 248 g/mol. The van der Waals surface area contributed by atoms with Gasteiger partial charge >= 0.3 is 0 Å². The highest BCUT2D eigenvalue weighted by molar-refractivity contribution is 7.99. The summed E-state index contributed by atoms with van der Waals surface area (Å²) in [7, 11) is 0. The Morgan fingerprint density at radius 2 is 2.00 bits per heavy atom. The fourth-order valence-corrected chi connectivity index (χ4v) is 3.43. The number of Topliss-reactive ketones (excluding diaryl/α,β-unsaturated/α-hetero) is 1. The van der Waals surface area contributed by atoms with Crippen LogP contribution in [0.25, 0.3) is 0 Å². The molecule has 0 aromatic carbocycles. The van der Waals surface area contributed by atoms with E-state index in [-0.39, 0.29) is 5.92 Å². The summed E-state index contributed by atoms with van der Waals surface area (Å²) in [6.07, 6.45) is 8.18. The van der Waals surface area contributed by atoms with Gasteiger partial charge in [-0.25, -0.2) is 4.68 Å². The maximum absolute atomic E-state index is 12.1. The van der Waals surface area contributed by atoms with Gasteiger partial charge in [0, 0.05) is 5.92 Å². The summed E-state index contributed by atoms with van der Waals surface area (Å²) in [4.78, 5) is 12.1. The maximum Gasteiger partial charge on any atom is 0.210 e. The lowest BCUT2D eigenvalue weighted by Crippen LogP contribution is -2.19. The van der Waals surface area contributed by atoms with E-state index >= 15 is 0 Å². The number of ketones is 1. The first kappa shape index (κ1) is 12.1. The van der Waals surface area contributed by atoms with Crippen molar-refractivity contribution in [3.63, 3.8) is 0 Å². The summed E-state index contributed by atoms with van der Waals surface area (Å²) in [6.45, 7) is 0. The molecule has 0 atom stereocenters. The van der Waals surface area contributed by atoms with Crippen LogP contribution in [0.4, 0.5) is 0 Å². The van der Waals surface area contributed by atoms with Gasteiger partial charge in [0.1, 0.15) is 5.78 Å². The molecule has 2 fully saturated rings. The van der Waals surface area contributed by atoms with E-state index in [2.05, 4.69) is 15.5 Å². The van der Waals surface area contributed by atoms with Crippen molar-refractivity contribution in [2.45, 2.75) is 56.1 Å². The van der Waals surface area contributed by atoms with E-state index < -0.39 is 0 Å². The molecule has 1 aromatic rings. The summed E-state index contributed by atoms with van der Waals surface area (Å²) < 4.78 is 1.87. The summed E-state index contributed by atoms with van der Waals surface area (Å²) >= 11 is 1.50. The molecule has 3 rings (SSSR count). The average molecular weight is 266 g/mol. The summed E-state index contributed by atoms with van der Waals surface area (Å²) in [6, 6.07) is 0.479. The molecule has 1 aromatic heterocycles. The molecule has 0 spiro atoms. The SMILES string of the molecule is O=C(CSc1nnnn1C1CC1)C1CCCCC1. The lowest BCUT2D eigenvalue weighted by atomic mass is 9.87. The Hall–Kier alpha value is -0.910. The summed E-state index contributed by atoms with van der Waals surface area (Å²) in [5.41, 5.74) is 0. The van der Waals surface area contributed by atoms with Gasteiger partial charge in [0.2, 0.25) is 5.16 Å². The van der Waals surface area contributed by atoms with Crippen LogP contribution in [0.15, 0.2) is 5.16 Å². The van der Waals surface area contributed by atoms with E-state index in [1.54, 1.807) is 0 Å². The third kappa shape index (κ3) is 2.74. The van der Waals surface area contributed by atoms with Gasteiger partial charge in [0.25, 0.3) is 0 Å². The highest BCUT2D eigenvalue weighted by Gasteiger charge is 2.28. The zero-order valence-electron chi connectivity index (χ0n) is 10.4. The Balaban J connectivity index is 1.53. The van der Waals surface area contributed by atoms with Crippen molar-refractivity contribution in [2.24, 2.45) is 5.92 Å². The van der Waals surface area contributed by atoms with Crippen molar-refractivity contribution in [1.82, 2.24) is 20.2 Å². The van der Waals surface area contributed by atoms with E-state index in [0.717, 1.165) is 30.8 Å². The number of hydrogen-bond donors (Lipinski definition) is 0. The van der Waals surface area contributed by atoms with Crippen LogP contribution in [-0.4, -0.2) is 31.7 Å². The topological polar surface area (TPSA) is 60.7 Å². The number of thioether (sulfide) groups is 1. The number of tetrazole rings is 1. The van der Waals surface area contributed by atoms with E-state index in [1.807, 2.05) is 4.68 Å². The van der Waals surface area contributed by atoms with E-state index in [0.29, 0.717) is 17.6 Å². The Morgan fingerprint density at radius 3 is 2.72 bits per heavy atom. The third-order valence-corrected chi connectivity index (χ3v) is 4.72. The highest BCUT2D eigenvalue weighted by atomic mass is 32.2. The van der Waals surface area contributed by atoms with Gasteiger partial charge in [-0.15, -0.1) is 5.10 Å². The Labute approximate surface area is 111 Å². The minimum Gasteiger partial charge on any atom is -0.298 e. The second-order valence-corrected chi connectivity index (χ2v) is 6.17. The smallest absolute Gasteiger partial charge is 0.210 e. The predicted octanol–water partition coefficient (Wildman–Crippen LogP) is 2.25. The molecule has 0 amide bonds. The molecule has 6 heteroatoms. The molecule has 0 N–H and O–H groups in total. The monoisotopic (exact) mass is 266 g/mol. The van der Waals surface area contributed by atoms with Gasteiger partial charge in [-0.1, -0.05) is 31.0 Å². The molecule has 2 aliphatic rings. The molecule has 98 valence electrons. The number of aromatic nitrogens is 4. The number of hydrogen-bond acceptors (Lipinski definition) is 5. The maximum atomic E-state index is 12.1. The predicted molar refractivity (Wildman–Crippen MR) is 68.4 cm³/mol. The lowest BCUT2D eigenvalue weighted by molar-refractivity contribution is -0.121. The lowest BCUT2D eigenvalue weighted by Gasteiger charge is -2.19. The zero-order valence-corrected chi connectivity index (χ0v) is 11.2. The van der Waals surface area contributed by atoms with Gasteiger partial charge in [-0.2, -0.15) is 0 Å². The fourth-order valence-electron chi connectivity index (χ4n) is 2.51. The second kappa shape index (κ2) is 5.38. The van der Waals surface area contributed by atoms with Crippen LogP contribution in [0.2, 0.25) is 0 Å². The number of carbonyl (C=O) groups is 1. The molecule has 0 aliphatic heterocycles. The second-order valence-electron chi connectivity index (χ2n) is 5.23. The molecule has 18 heavy (non-hydrogen) atoms. The Bertz CT molecular complexity index is 423. The van der Waals surface area contributed by atoms with Crippen molar-refractivity contribution in [2.75, 3.05) is 5.75 Å². The largest absolute Gasteiger partial charge is 0.298 e. The van der Waals surface area contributed by atoms with E-state index in [1.165, 1.54) is 31.0 Å². The first-order chi connectivity index (χ1) is 8.84. The van der Waals surface area contributed by atoms with Crippen LogP contribution in [-0.2, 0) is 4.79 Å². The van der Waals surface area contributed by atoms with Crippen molar-refractivity contribution in [1.29, 1.82) is 0 Å². The van der Waals surface area contributed by atoms with Gasteiger partial charge in [-0.05, 0) is 36.1 Å². The van der Waals surface area contributed by atoms with E-state index in [4.69, 9.17) is 0 Å². The first-order valence-electron chi connectivity index (χ1n) is 6.78. The van der Waals surface area contributed by atoms with Crippen LogP contribution in [0.3, 0.4) is 0 Å². The van der Waals surface area contributed by atoms with E-state index in [9.17, 15) is 4.79 Å². The molecule has 0 bridgehead atoms. The molecule has 0 saturated heterocycles. The van der Waals surface area contributed by atoms with Crippen molar-refractivity contribution in [3.05, 3.63) is 0 Å². The minimum atomic E-state index is 0.288. The van der Waals surface area contributed by atoms with Crippen molar-refractivity contribution >= 4 is 17.5 Å². The molecule has 2 saturated carbocycles. The molecule has 1 heterocycles. The quantitative estimate of drug-likeness (QED) is 0.765. The number of nitrogens with zero attached hydrogens (tertiary/aromatic N) is 4. The van der Waals surface area contributed by atoms with Gasteiger partial charge in [0.05, 0.1) is 11.8 Å². The van der Waals surface area contributed by atoms with Crippen LogP contribution < -0.4 is 0 Å².